The summed E-state index contributed by atoms with van der Waals surface area (Å²) in [5, 5.41) is 0. The molecule has 0 amide bonds. The lowest BCUT2D eigenvalue weighted by Gasteiger charge is -2.10. The number of hydrogen-bond acceptors (Lipinski definition) is 5. The lowest BCUT2D eigenvalue weighted by Crippen LogP contribution is -2.22. The summed E-state index contributed by atoms with van der Waals surface area (Å²) in [7, 11) is 0. The summed E-state index contributed by atoms with van der Waals surface area (Å²) >= 11 is 0. The molecular weight excluding hydrogens is 246 g/mol. The molecular formula is C14H17NO4. The van der Waals surface area contributed by atoms with Gasteiger partial charge in [0, 0.05) is 0 Å². The van der Waals surface area contributed by atoms with Crippen molar-refractivity contribution in [2.75, 3.05) is 13.2 Å². The predicted molar refractivity (Wildman–Crippen MR) is 70.8 cm³/mol. The molecule has 0 atom stereocenters. The van der Waals surface area contributed by atoms with Crippen LogP contribution in [0.1, 0.15) is 19.4 Å². The van der Waals surface area contributed by atoms with Crippen molar-refractivity contribution in [1.82, 2.24) is 0 Å². The van der Waals surface area contributed by atoms with Crippen molar-refractivity contribution in [3.05, 3.63) is 41.5 Å². The zero-order valence-electron chi connectivity index (χ0n) is 11.0. The van der Waals surface area contributed by atoms with Gasteiger partial charge in [0.05, 0.1) is 18.9 Å². The van der Waals surface area contributed by atoms with Crippen molar-refractivity contribution in [3.8, 4) is 0 Å². The molecule has 0 unspecified atom stereocenters. The molecule has 0 radical (unpaired) electrons. The number of rotatable bonds is 5. The largest absolute Gasteiger partial charge is 0.462 e. The average molecular weight is 263 g/mol. The fourth-order valence-corrected chi connectivity index (χ4v) is 1.47. The molecule has 0 fully saturated rings. The summed E-state index contributed by atoms with van der Waals surface area (Å²) in [5.41, 5.74) is 6.23. The van der Waals surface area contributed by atoms with Crippen molar-refractivity contribution in [3.63, 3.8) is 0 Å². The SMILES string of the molecule is CCOC(=O)C(C(=O)OCC)=C(N)c1ccccc1. The zero-order valence-corrected chi connectivity index (χ0v) is 11.0. The van der Waals surface area contributed by atoms with Gasteiger partial charge in [-0.1, -0.05) is 30.3 Å². The third-order valence-electron chi connectivity index (χ3n) is 2.31. The minimum absolute atomic E-state index is 0.0532. The van der Waals surface area contributed by atoms with Crippen LogP contribution in [-0.2, 0) is 19.1 Å². The van der Waals surface area contributed by atoms with Crippen LogP contribution in [0.5, 0.6) is 0 Å². The van der Waals surface area contributed by atoms with Crippen LogP contribution >= 0.6 is 0 Å². The number of ether oxygens (including phenoxy) is 2. The van der Waals surface area contributed by atoms with Crippen LogP contribution in [0.25, 0.3) is 5.70 Å². The minimum atomic E-state index is -0.776. The lowest BCUT2D eigenvalue weighted by atomic mass is 10.1. The number of esters is 2. The first kappa shape index (κ1) is 14.8. The smallest absolute Gasteiger partial charge is 0.347 e. The van der Waals surface area contributed by atoms with Crippen molar-refractivity contribution in [2.45, 2.75) is 13.8 Å². The summed E-state index contributed by atoms with van der Waals surface area (Å²) in [6.07, 6.45) is 0. The van der Waals surface area contributed by atoms with Crippen LogP contribution in [-0.4, -0.2) is 25.2 Å². The molecule has 0 aromatic heterocycles. The van der Waals surface area contributed by atoms with Crippen molar-refractivity contribution in [2.24, 2.45) is 5.73 Å². The van der Waals surface area contributed by atoms with E-state index in [-0.39, 0.29) is 24.5 Å². The molecule has 0 spiro atoms. The molecule has 0 aliphatic carbocycles. The maximum atomic E-state index is 11.8. The van der Waals surface area contributed by atoms with Gasteiger partial charge in [-0.25, -0.2) is 9.59 Å². The molecule has 102 valence electrons. The first-order chi connectivity index (χ1) is 9.11. The van der Waals surface area contributed by atoms with E-state index >= 15 is 0 Å². The highest BCUT2D eigenvalue weighted by Gasteiger charge is 2.25. The molecule has 0 aliphatic rings. The minimum Gasteiger partial charge on any atom is -0.462 e. The molecule has 1 aromatic carbocycles. The number of carbonyl (C=O) groups is 2. The fraction of sp³-hybridized carbons (Fsp3) is 0.286. The first-order valence-electron chi connectivity index (χ1n) is 6.01. The molecule has 0 saturated heterocycles. The molecule has 2 N–H and O–H groups in total. The normalized spacial score (nSPS) is 9.58. The van der Waals surface area contributed by atoms with Crippen molar-refractivity contribution in [1.29, 1.82) is 0 Å². The number of benzene rings is 1. The highest BCUT2D eigenvalue weighted by molar-refractivity contribution is 6.19. The third kappa shape index (κ3) is 3.84. The van der Waals surface area contributed by atoms with E-state index in [1.165, 1.54) is 0 Å². The first-order valence-corrected chi connectivity index (χ1v) is 6.01. The van der Waals surface area contributed by atoms with E-state index in [4.69, 9.17) is 15.2 Å². The van der Waals surface area contributed by atoms with Gasteiger partial charge in [-0.3, -0.25) is 0 Å². The van der Waals surface area contributed by atoms with Gasteiger partial charge >= 0.3 is 11.9 Å². The van der Waals surface area contributed by atoms with Gasteiger partial charge in [0.1, 0.15) is 0 Å². The maximum Gasteiger partial charge on any atom is 0.347 e. The van der Waals surface area contributed by atoms with Crippen LogP contribution in [0, 0.1) is 0 Å². The summed E-state index contributed by atoms with van der Waals surface area (Å²) in [6.45, 7) is 3.62. The topological polar surface area (TPSA) is 78.6 Å². The van der Waals surface area contributed by atoms with E-state index < -0.39 is 11.9 Å². The Morgan fingerprint density at radius 3 is 1.89 bits per heavy atom. The Balaban J connectivity index is 3.21. The highest BCUT2D eigenvalue weighted by atomic mass is 16.6. The third-order valence-corrected chi connectivity index (χ3v) is 2.31. The Morgan fingerprint density at radius 2 is 1.47 bits per heavy atom. The van der Waals surface area contributed by atoms with Crippen LogP contribution in [0.15, 0.2) is 35.9 Å². The molecule has 0 bridgehead atoms. The summed E-state index contributed by atoms with van der Waals surface area (Å²) in [6, 6.07) is 8.74. The van der Waals surface area contributed by atoms with E-state index in [9.17, 15) is 9.59 Å². The highest BCUT2D eigenvalue weighted by Crippen LogP contribution is 2.16. The van der Waals surface area contributed by atoms with Gasteiger partial charge in [-0.2, -0.15) is 0 Å². The van der Waals surface area contributed by atoms with Crippen LogP contribution in [0.2, 0.25) is 0 Å². The van der Waals surface area contributed by atoms with Crippen LogP contribution in [0.3, 0.4) is 0 Å². The standard InChI is InChI=1S/C14H17NO4/c1-3-18-13(16)11(14(17)19-4-2)12(15)10-8-6-5-7-9-10/h5-9H,3-4,15H2,1-2H3. The Morgan fingerprint density at radius 1 is 1.00 bits per heavy atom. The van der Waals surface area contributed by atoms with Crippen LogP contribution < -0.4 is 5.73 Å². The molecule has 19 heavy (non-hydrogen) atoms. The number of nitrogens with two attached hydrogens (primary N) is 1. The van der Waals surface area contributed by atoms with Crippen molar-refractivity contribution < 1.29 is 19.1 Å². The van der Waals surface area contributed by atoms with Crippen molar-refractivity contribution >= 4 is 17.6 Å². The molecule has 5 heteroatoms. The van der Waals surface area contributed by atoms with Gasteiger partial charge in [-0.05, 0) is 19.4 Å². The Kier molecular flexibility index (Phi) is 5.60. The maximum absolute atomic E-state index is 11.8. The second-order valence-electron chi connectivity index (χ2n) is 3.60. The van der Waals surface area contributed by atoms with E-state index in [2.05, 4.69) is 0 Å². The Hall–Kier alpha value is -2.30. The van der Waals surface area contributed by atoms with E-state index in [1.54, 1.807) is 38.1 Å². The fourth-order valence-electron chi connectivity index (χ4n) is 1.47. The summed E-state index contributed by atoms with van der Waals surface area (Å²) < 4.78 is 9.67. The van der Waals surface area contributed by atoms with Gasteiger partial charge < -0.3 is 15.2 Å². The molecule has 0 heterocycles. The second kappa shape index (κ2) is 7.20. The molecule has 0 saturated carbocycles. The molecule has 5 nitrogen and oxygen atoms in total. The molecule has 1 aromatic rings. The van der Waals surface area contributed by atoms with Crippen LogP contribution in [0.4, 0.5) is 0 Å². The van der Waals surface area contributed by atoms with Gasteiger partial charge in [0.25, 0.3) is 0 Å². The quantitative estimate of drug-likeness (QED) is 0.377. The van der Waals surface area contributed by atoms with Gasteiger partial charge in [0.2, 0.25) is 0 Å². The van der Waals surface area contributed by atoms with E-state index in [1.807, 2.05) is 6.07 Å². The van der Waals surface area contributed by atoms with Gasteiger partial charge in [0.15, 0.2) is 5.57 Å². The Bertz CT molecular complexity index is 459. The van der Waals surface area contributed by atoms with E-state index in [0.717, 1.165) is 0 Å². The summed E-state index contributed by atoms with van der Waals surface area (Å²) in [4.78, 5) is 23.6. The monoisotopic (exact) mass is 263 g/mol. The average Bonchev–Trinajstić information content (AvgIpc) is 2.40. The lowest BCUT2D eigenvalue weighted by molar-refractivity contribution is -0.146. The molecule has 0 aliphatic heterocycles. The van der Waals surface area contributed by atoms with Gasteiger partial charge in [-0.15, -0.1) is 0 Å². The van der Waals surface area contributed by atoms with E-state index in [0.29, 0.717) is 5.56 Å². The zero-order chi connectivity index (χ0) is 14.3. The Labute approximate surface area is 112 Å². The second-order valence-corrected chi connectivity index (χ2v) is 3.60. The summed E-state index contributed by atoms with van der Waals surface area (Å²) in [5.74, 6) is -1.55. The number of carbonyl (C=O) groups excluding carboxylic acids is 2. The molecule has 1 rings (SSSR count). The predicted octanol–water partition coefficient (Wildman–Crippen LogP) is 1.48. The number of hydrogen-bond donors (Lipinski definition) is 1.